The maximum Gasteiger partial charge on any atom is 0.258 e. The van der Waals surface area contributed by atoms with Crippen molar-refractivity contribution in [3.05, 3.63) is 35.0 Å². The number of hydrogen-bond acceptors (Lipinski definition) is 3. The molecule has 108 valence electrons. The van der Waals surface area contributed by atoms with E-state index < -0.39 is 6.04 Å². The molecule has 0 aliphatic heterocycles. The minimum absolute atomic E-state index is 0.0603. The van der Waals surface area contributed by atoms with Crippen molar-refractivity contribution in [2.24, 2.45) is 0 Å². The summed E-state index contributed by atoms with van der Waals surface area (Å²) >= 11 is 0. The highest BCUT2D eigenvalue weighted by molar-refractivity contribution is 5.80. The van der Waals surface area contributed by atoms with E-state index >= 15 is 0 Å². The van der Waals surface area contributed by atoms with Crippen LogP contribution in [0.5, 0.6) is 0 Å². The van der Waals surface area contributed by atoms with Crippen LogP contribution in [0.2, 0.25) is 0 Å². The van der Waals surface area contributed by atoms with Gasteiger partial charge in [0.25, 0.3) is 5.56 Å². The molecule has 0 bridgehead atoms. The third-order valence-corrected chi connectivity index (χ3v) is 3.60. The summed E-state index contributed by atoms with van der Waals surface area (Å²) in [5.41, 5.74) is -0.152. The van der Waals surface area contributed by atoms with E-state index in [1.54, 1.807) is 23.9 Å². The quantitative estimate of drug-likeness (QED) is 0.896. The number of rotatable bonds is 5. The molecule has 1 N–H and O–H groups in total. The topological polar surface area (TPSA) is 68.4 Å². The Morgan fingerprint density at radius 3 is 2.70 bits per heavy atom. The monoisotopic (exact) mass is 276 g/mol. The lowest BCUT2D eigenvalue weighted by molar-refractivity contribution is -0.124. The molecule has 2 rings (SSSR count). The van der Waals surface area contributed by atoms with Crippen LogP contribution in [-0.4, -0.2) is 25.9 Å². The van der Waals surface area contributed by atoms with Crippen molar-refractivity contribution >= 4 is 11.7 Å². The van der Waals surface area contributed by atoms with Crippen LogP contribution in [0.25, 0.3) is 5.78 Å². The van der Waals surface area contributed by atoms with E-state index in [4.69, 9.17) is 0 Å². The summed E-state index contributed by atoms with van der Waals surface area (Å²) in [7, 11) is 0. The third kappa shape index (κ3) is 2.59. The van der Waals surface area contributed by atoms with Crippen molar-refractivity contribution in [1.29, 1.82) is 0 Å². The minimum Gasteiger partial charge on any atom is -0.352 e. The number of hydrogen-bond donors (Lipinski definition) is 1. The predicted octanol–water partition coefficient (Wildman–Crippen LogP) is 1.36. The van der Waals surface area contributed by atoms with Gasteiger partial charge in [-0.15, -0.1) is 0 Å². The van der Waals surface area contributed by atoms with Gasteiger partial charge in [0, 0.05) is 30.7 Å². The summed E-state index contributed by atoms with van der Waals surface area (Å²) < 4.78 is 3.14. The Bertz CT molecular complexity index is 654. The number of amides is 1. The standard InChI is InChI=1S/C14H20N4O2/c1-4-11(5-2)16-13(20)10(3)17-8-9-18-12(19)6-7-15-14(17)18/h6-11H,4-5H2,1-3H3,(H,16,20). The molecule has 1 unspecified atom stereocenters. The van der Waals surface area contributed by atoms with Crippen LogP contribution in [-0.2, 0) is 4.79 Å². The van der Waals surface area contributed by atoms with Gasteiger partial charge in [0.15, 0.2) is 0 Å². The van der Waals surface area contributed by atoms with Crippen molar-refractivity contribution in [3.63, 3.8) is 0 Å². The van der Waals surface area contributed by atoms with Gasteiger partial charge < -0.3 is 9.88 Å². The fourth-order valence-corrected chi connectivity index (χ4v) is 2.19. The van der Waals surface area contributed by atoms with Gasteiger partial charge in [0.1, 0.15) is 6.04 Å². The largest absolute Gasteiger partial charge is 0.352 e. The molecule has 1 atom stereocenters. The van der Waals surface area contributed by atoms with Crippen molar-refractivity contribution in [3.8, 4) is 0 Å². The summed E-state index contributed by atoms with van der Waals surface area (Å²) in [4.78, 5) is 28.1. The van der Waals surface area contributed by atoms with Crippen molar-refractivity contribution < 1.29 is 4.79 Å². The van der Waals surface area contributed by atoms with Gasteiger partial charge in [0.05, 0.1) is 0 Å². The highest BCUT2D eigenvalue weighted by atomic mass is 16.2. The van der Waals surface area contributed by atoms with Crippen molar-refractivity contribution in [1.82, 2.24) is 19.3 Å². The Labute approximate surface area is 117 Å². The first-order chi connectivity index (χ1) is 9.58. The number of aromatic nitrogens is 3. The second kappa shape index (κ2) is 5.90. The summed E-state index contributed by atoms with van der Waals surface area (Å²) in [6.07, 6.45) is 6.60. The molecule has 0 saturated heterocycles. The third-order valence-electron chi connectivity index (χ3n) is 3.60. The maximum atomic E-state index is 12.3. The lowest BCUT2D eigenvalue weighted by Gasteiger charge is -2.19. The molecule has 1 amide bonds. The Hall–Kier alpha value is -2.11. The molecule has 0 fully saturated rings. The highest BCUT2D eigenvalue weighted by Crippen LogP contribution is 2.11. The molecule has 0 aliphatic carbocycles. The minimum atomic E-state index is -0.408. The Morgan fingerprint density at radius 1 is 1.35 bits per heavy atom. The van der Waals surface area contributed by atoms with Crippen LogP contribution >= 0.6 is 0 Å². The summed E-state index contributed by atoms with van der Waals surface area (Å²) in [6.45, 7) is 5.90. The van der Waals surface area contributed by atoms with E-state index in [9.17, 15) is 9.59 Å². The Kier molecular flexibility index (Phi) is 4.22. The van der Waals surface area contributed by atoms with E-state index in [2.05, 4.69) is 10.3 Å². The number of nitrogens with one attached hydrogen (secondary N) is 1. The molecule has 6 nitrogen and oxygen atoms in total. The van der Waals surface area contributed by atoms with Gasteiger partial charge in [-0.1, -0.05) is 13.8 Å². The van der Waals surface area contributed by atoms with Gasteiger partial charge in [-0.2, -0.15) is 0 Å². The van der Waals surface area contributed by atoms with Gasteiger partial charge in [-0.05, 0) is 19.8 Å². The molecule has 2 aromatic heterocycles. The van der Waals surface area contributed by atoms with E-state index in [1.165, 1.54) is 16.7 Å². The van der Waals surface area contributed by atoms with Crippen LogP contribution in [0.4, 0.5) is 0 Å². The van der Waals surface area contributed by atoms with Crippen LogP contribution in [0.15, 0.2) is 29.5 Å². The first kappa shape index (κ1) is 14.3. The van der Waals surface area contributed by atoms with Crippen molar-refractivity contribution in [2.75, 3.05) is 0 Å². The average Bonchev–Trinajstić information content (AvgIpc) is 2.89. The zero-order valence-electron chi connectivity index (χ0n) is 12.0. The first-order valence-electron chi connectivity index (χ1n) is 6.93. The van der Waals surface area contributed by atoms with Gasteiger partial charge in [0.2, 0.25) is 11.7 Å². The van der Waals surface area contributed by atoms with Crippen LogP contribution in [0.3, 0.4) is 0 Å². The number of carbonyl (C=O) groups excluding carboxylic acids is 1. The second-order valence-electron chi connectivity index (χ2n) is 4.86. The molecule has 2 aromatic rings. The summed E-state index contributed by atoms with van der Waals surface area (Å²) in [5, 5.41) is 3.01. The number of imidazole rings is 1. The lowest BCUT2D eigenvalue weighted by atomic mass is 10.1. The first-order valence-corrected chi connectivity index (χ1v) is 6.93. The zero-order chi connectivity index (χ0) is 14.7. The maximum absolute atomic E-state index is 12.3. The SMILES string of the molecule is CCC(CC)NC(=O)C(C)n1ccn2c(=O)ccnc12. The molecule has 2 heterocycles. The summed E-state index contributed by atoms with van der Waals surface area (Å²) in [5.74, 6) is 0.416. The Morgan fingerprint density at radius 2 is 2.05 bits per heavy atom. The normalized spacial score (nSPS) is 12.8. The smallest absolute Gasteiger partial charge is 0.258 e. The van der Waals surface area contributed by atoms with E-state index in [0.717, 1.165) is 12.8 Å². The number of nitrogens with zero attached hydrogens (tertiary/aromatic N) is 3. The molecular formula is C14H20N4O2. The Balaban J connectivity index is 2.27. The van der Waals surface area contributed by atoms with Gasteiger partial charge in [-0.3, -0.25) is 14.0 Å². The zero-order valence-corrected chi connectivity index (χ0v) is 12.0. The van der Waals surface area contributed by atoms with E-state index in [0.29, 0.717) is 5.78 Å². The molecule has 0 spiro atoms. The molecule has 0 aromatic carbocycles. The molecule has 0 aliphatic rings. The molecule has 6 heteroatoms. The van der Waals surface area contributed by atoms with Crippen LogP contribution < -0.4 is 10.9 Å². The molecular weight excluding hydrogens is 256 g/mol. The number of carbonyl (C=O) groups is 1. The molecule has 0 radical (unpaired) electrons. The van der Waals surface area contributed by atoms with Crippen LogP contribution in [0, 0.1) is 0 Å². The van der Waals surface area contributed by atoms with E-state index in [-0.39, 0.29) is 17.5 Å². The van der Waals surface area contributed by atoms with Gasteiger partial charge in [-0.25, -0.2) is 4.98 Å². The lowest BCUT2D eigenvalue weighted by Crippen LogP contribution is -2.38. The van der Waals surface area contributed by atoms with Crippen LogP contribution in [0.1, 0.15) is 39.7 Å². The molecule has 0 saturated carbocycles. The van der Waals surface area contributed by atoms with E-state index in [1.807, 2.05) is 13.8 Å². The second-order valence-corrected chi connectivity index (χ2v) is 4.86. The van der Waals surface area contributed by atoms with Gasteiger partial charge >= 0.3 is 0 Å². The molecule has 20 heavy (non-hydrogen) atoms. The average molecular weight is 276 g/mol. The summed E-state index contributed by atoms with van der Waals surface area (Å²) in [6, 6.07) is 1.17. The number of fused-ring (bicyclic) bond motifs is 1. The van der Waals surface area contributed by atoms with Crippen molar-refractivity contribution in [2.45, 2.75) is 45.7 Å². The fourth-order valence-electron chi connectivity index (χ4n) is 2.19. The predicted molar refractivity (Wildman–Crippen MR) is 76.7 cm³/mol. The fraction of sp³-hybridized carbons (Fsp3) is 0.500. The highest BCUT2D eigenvalue weighted by Gasteiger charge is 2.19.